The van der Waals surface area contributed by atoms with E-state index in [2.05, 4.69) is 30.3 Å². The quantitative estimate of drug-likeness (QED) is 0.779. The zero-order valence-electron chi connectivity index (χ0n) is 10.8. The van der Waals surface area contributed by atoms with Gasteiger partial charge in [0.2, 0.25) is 0 Å². The first-order valence-corrected chi connectivity index (χ1v) is 7.10. The topological polar surface area (TPSA) is 43.8 Å². The van der Waals surface area contributed by atoms with Crippen molar-refractivity contribution in [1.82, 2.24) is 9.55 Å². The van der Waals surface area contributed by atoms with Crippen molar-refractivity contribution in [2.24, 2.45) is 5.92 Å². The molecule has 1 heterocycles. The van der Waals surface area contributed by atoms with Gasteiger partial charge in [0.05, 0.1) is 5.69 Å². The number of nitrogens with zero attached hydrogens (tertiary/aromatic N) is 2. The van der Waals surface area contributed by atoms with Crippen LogP contribution in [0.3, 0.4) is 0 Å². The van der Waals surface area contributed by atoms with Crippen molar-refractivity contribution in [1.29, 1.82) is 0 Å². The Morgan fingerprint density at radius 3 is 2.69 bits per heavy atom. The molecule has 1 aromatic heterocycles. The highest BCUT2D eigenvalue weighted by Gasteiger charge is 2.12. The number of imidazole rings is 1. The molecule has 0 unspecified atom stereocenters. The standard InChI is InChI=1S/C12H23N3S/c1-5-16-7-6-11-12(13)15(8-9(2)3)10(4)14-11/h9H,5-8,13H2,1-4H3. The Hall–Kier alpha value is -0.640. The van der Waals surface area contributed by atoms with Gasteiger partial charge in [-0.2, -0.15) is 11.8 Å². The van der Waals surface area contributed by atoms with Crippen molar-refractivity contribution in [3.05, 3.63) is 11.5 Å². The summed E-state index contributed by atoms with van der Waals surface area (Å²) >= 11 is 1.94. The predicted molar refractivity (Wildman–Crippen MR) is 72.9 cm³/mol. The smallest absolute Gasteiger partial charge is 0.126 e. The van der Waals surface area contributed by atoms with E-state index in [0.29, 0.717) is 5.92 Å². The predicted octanol–water partition coefficient (Wildman–Crippen LogP) is 2.73. The Bertz CT molecular complexity index is 331. The molecule has 0 aliphatic heterocycles. The molecular formula is C12H23N3S. The first kappa shape index (κ1) is 13.4. The minimum atomic E-state index is 0.605. The number of nitrogen functional groups attached to an aromatic ring is 1. The molecule has 0 saturated carbocycles. The summed E-state index contributed by atoms with van der Waals surface area (Å²) in [7, 11) is 0. The van der Waals surface area contributed by atoms with Crippen LogP contribution in [0.15, 0.2) is 0 Å². The Balaban J connectivity index is 2.72. The summed E-state index contributed by atoms with van der Waals surface area (Å²) in [6, 6.07) is 0. The average Bonchev–Trinajstić information content (AvgIpc) is 2.46. The fourth-order valence-corrected chi connectivity index (χ4v) is 2.36. The third-order valence-electron chi connectivity index (χ3n) is 2.51. The molecule has 16 heavy (non-hydrogen) atoms. The van der Waals surface area contributed by atoms with Gasteiger partial charge in [0.1, 0.15) is 11.6 Å². The Kier molecular flexibility index (Phi) is 5.19. The zero-order valence-corrected chi connectivity index (χ0v) is 11.6. The van der Waals surface area contributed by atoms with Gasteiger partial charge in [-0.1, -0.05) is 20.8 Å². The highest BCUT2D eigenvalue weighted by atomic mass is 32.2. The Morgan fingerprint density at radius 1 is 1.44 bits per heavy atom. The maximum atomic E-state index is 6.13. The fraction of sp³-hybridized carbons (Fsp3) is 0.750. The van der Waals surface area contributed by atoms with E-state index in [1.807, 2.05) is 18.7 Å². The number of hydrogen-bond donors (Lipinski definition) is 1. The summed E-state index contributed by atoms with van der Waals surface area (Å²) in [6.45, 7) is 9.58. The molecule has 0 radical (unpaired) electrons. The number of rotatable bonds is 6. The molecule has 4 heteroatoms. The summed E-state index contributed by atoms with van der Waals surface area (Å²) in [5.74, 6) is 4.78. The van der Waals surface area contributed by atoms with E-state index >= 15 is 0 Å². The van der Waals surface area contributed by atoms with Crippen LogP contribution in [0.4, 0.5) is 5.82 Å². The molecule has 1 aromatic rings. The van der Waals surface area contributed by atoms with Crippen LogP contribution in [0, 0.1) is 12.8 Å². The molecule has 2 N–H and O–H groups in total. The average molecular weight is 241 g/mol. The van der Waals surface area contributed by atoms with Gasteiger partial charge in [-0.15, -0.1) is 0 Å². The first-order chi connectivity index (χ1) is 7.56. The van der Waals surface area contributed by atoms with Crippen molar-refractivity contribution >= 4 is 17.6 Å². The van der Waals surface area contributed by atoms with E-state index in [1.165, 1.54) is 0 Å². The van der Waals surface area contributed by atoms with Gasteiger partial charge in [0.25, 0.3) is 0 Å². The minimum Gasteiger partial charge on any atom is -0.384 e. The molecular weight excluding hydrogens is 218 g/mol. The van der Waals surface area contributed by atoms with E-state index < -0.39 is 0 Å². The summed E-state index contributed by atoms with van der Waals surface area (Å²) in [5, 5.41) is 0. The third-order valence-corrected chi connectivity index (χ3v) is 3.41. The van der Waals surface area contributed by atoms with E-state index in [0.717, 1.165) is 41.8 Å². The van der Waals surface area contributed by atoms with Gasteiger partial charge in [-0.25, -0.2) is 4.98 Å². The molecule has 0 aromatic carbocycles. The largest absolute Gasteiger partial charge is 0.384 e. The number of thioether (sulfide) groups is 1. The van der Waals surface area contributed by atoms with Gasteiger partial charge in [0.15, 0.2) is 0 Å². The second-order valence-corrected chi connectivity index (χ2v) is 5.84. The van der Waals surface area contributed by atoms with Crippen LogP contribution in [0.2, 0.25) is 0 Å². The highest BCUT2D eigenvalue weighted by molar-refractivity contribution is 7.99. The summed E-state index contributed by atoms with van der Waals surface area (Å²) in [5.41, 5.74) is 7.19. The summed E-state index contributed by atoms with van der Waals surface area (Å²) in [4.78, 5) is 4.56. The number of aryl methyl sites for hydroxylation is 2. The molecule has 1 rings (SSSR count). The van der Waals surface area contributed by atoms with E-state index in [9.17, 15) is 0 Å². The van der Waals surface area contributed by atoms with Crippen molar-refractivity contribution in [3.8, 4) is 0 Å². The van der Waals surface area contributed by atoms with Gasteiger partial charge < -0.3 is 10.3 Å². The minimum absolute atomic E-state index is 0.605. The van der Waals surface area contributed by atoms with Gasteiger partial charge in [-0.05, 0) is 24.3 Å². The zero-order chi connectivity index (χ0) is 12.1. The summed E-state index contributed by atoms with van der Waals surface area (Å²) in [6.07, 6.45) is 0.982. The SMILES string of the molecule is CCSCCc1nc(C)n(CC(C)C)c1N. The van der Waals surface area contributed by atoms with Gasteiger partial charge in [0, 0.05) is 13.0 Å². The molecule has 0 fully saturated rings. The van der Waals surface area contributed by atoms with Crippen molar-refractivity contribution in [2.45, 2.75) is 40.7 Å². The van der Waals surface area contributed by atoms with Crippen LogP contribution in [0.25, 0.3) is 0 Å². The first-order valence-electron chi connectivity index (χ1n) is 5.95. The lowest BCUT2D eigenvalue weighted by atomic mass is 10.2. The lowest BCUT2D eigenvalue weighted by Crippen LogP contribution is -2.10. The number of nitrogens with two attached hydrogens (primary N) is 1. The van der Waals surface area contributed by atoms with E-state index in [1.54, 1.807) is 0 Å². The van der Waals surface area contributed by atoms with Crippen LogP contribution in [-0.4, -0.2) is 21.1 Å². The molecule has 0 amide bonds. The van der Waals surface area contributed by atoms with Gasteiger partial charge >= 0.3 is 0 Å². The number of hydrogen-bond acceptors (Lipinski definition) is 3. The second-order valence-electron chi connectivity index (χ2n) is 4.44. The molecule has 0 bridgehead atoms. The molecule has 0 aliphatic rings. The van der Waals surface area contributed by atoms with Crippen molar-refractivity contribution in [2.75, 3.05) is 17.2 Å². The maximum absolute atomic E-state index is 6.13. The molecule has 0 aliphatic carbocycles. The normalized spacial score (nSPS) is 11.3. The lowest BCUT2D eigenvalue weighted by molar-refractivity contribution is 0.518. The van der Waals surface area contributed by atoms with Crippen LogP contribution in [-0.2, 0) is 13.0 Å². The molecule has 92 valence electrons. The maximum Gasteiger partial charge on any atom is 0.126 e. The number of aromatic nitrogens is 2. The van der Waals surface area contributed by atoms with E-state index in [-0.39, 0.29) is 0 Å². The monoisotopic (exact) mass is 241 g/mol. The molecule has 0 spiro atoms. The third kappa shape index (κ3) is 3.44. The van der Waals surface area contributed by atoms with Crippen molar-refractivity contribution in [3.63, 3.8) is 0 Å². The molecule has 3 nitrogen and oxygen atoms in total. The van der Waals surface area contributed by atoms with Crippen LogP contribution < -0.4 is 5.73 Å². The molecule has 0 atom stereocenters. The fourth-order valence-electron chi connectivity index (χ4n) is 1.74. The van der Waals surface area contributed by atoms with E-state index in [4.69, 9.17) is 5.73 Å². The van der Waals surface area contributed by atoms with Crippen LogP contribution >= 0.6 is 11.8 Å². The highest BCUT2D eigenvalue weighted by Crippen LogP contribution is 2.18. The number of anilines is 1. The summed E-state index contributed by atoms with van der Waals surface area (Å²) < 4.78 is 2.14. The van der Waals surface area contributed by atoms with Crippen LogP contribution in [0.1, 0.15) is 32.3 Å². The van der Waals surface area contributed by atoms with Crippen LogP contribution in [0.5, 0.6) is 0 Å². The molecule has 0 saturated heterocycles. The van der Waals surface area contributed by atoms with Crippen molar-refractivity contribution < 1.29 is 0 Å². The second kappa shape index (κ2) is 6.18. The lowest BCUT2D eigenvalue weighted by Gasteiger charge is -2.10. The Morgan fingerprint density at radius 2 is 2.12 bits per heavy atom. The van der Waals surface area contributed by atoms with Gasteiger partial charge in [-0.3, -0.25) is 0 Å². The Labute approximate surface area is 103 Å².